The topological polar surface area (TPSA) is 12.0 Å². The zero-order valence-corrected chi connectivity index (χ0v) is 6.77. The number of fused-ring (bicyclic) bond motifs is 2. The second-order valence-corrected chi connectivity index (χ2v) is 3.76. The number of hydrogen-bond donors (Lipinski definition) is 1. The van der Waals surface area contributed by atoms with Crippen molar-refractivity contribution in [1.82, 2.24) is 5.32 Å². The molecule has 58 valence electrons. The van der Waals surface area contributed by atoms with E-state index in [4.69, 9.17) is 0 Å². The van der Waals surface area contributed by atoms with Crippen LogP contribution in [0.5, 0.6) is 0 Å². The first-order chi connectivity index (χ1) is 4.92. The summed E-state index contributed by atoms with van der Waals surface area (Å²) in [5.41, 5.74) is 0. The summed E-state index contributed by atoms with van der Waals surface area (Å²) in [5, 5.41) is 3.61. The van der Waals surface area contributed by atoms with Gasteiger partial charge in [-0.3, -0.25) is 0 Å². The Bertz CT molecular complexity index is 106. The van der Waals surface area contributed by atoms with Gasteiger partial charge in [0, 0.05) is 6.04 Å². The van der Waals surface area contributed by atoms with Crippen LogP contribution in [0, 0.1) is 11.8 Å². The molecule has 1 nitrogen and oxygen atoms in total. The second kappa shape index (κ2) is 2.54. The van der Waals surface area contributed by atoms with E-state index in [0.717, 1.165) is 17.9 Å². The average molecular weight is 139 g/mol. The van der Waals surface area contributed by atoms with Gasteiger partial charge in [-0.1, -0.05) is 13.3 Å². The molecule has 3 atom stereocenters. The van der Waals surface area contributed by atoms with Gasteiger partial charge in [-0.25, -0.2) is 0 Å². The lowest BCUT2D eigenvalue weighted by Crippen LogP contribution is -2.39. The van der Waals surface area contributed by atoms with Crippen LogP contribution in [-0.4, -0.2) is 12.6 Å². The van der Waals surface area contributed by atoms with Gasteiger partial charge in [0.15, 0.2) is 0 Å². The maximum atomic E-state index is 3.61. The van der Waals surface area contributed by atoms with Crippen LogP contribution in [0.4, 0.5) is 0 Å². The highest BCUT2D eigenvalue weighted by molar-refractivity contribution is 4.92. The van der Waals surface area contributed by atoms with Crippen molar-refractivity contribution in [2.45, 2.75) is 38.6 Å². The first kappa shape index (κ1) is 6.66. The molecule has 0 spiro atoms. The minimum atomic E-state index is 0.892. The van der Waals surface area contributed by atoms with Gasteiger partial charge in [-0.15, -0.1) is 0 Å². The van der Waals surface area contributed by atoms with Gasteiger partial charge in [0.2, 0.25) is 0 Å². The molecule has 2 aliphatic rings. The van der Waals surface area contributed by atoms with Gasteiger partial charge in [0.1, 0.15) is 0 Å². The van der Waals surface area contributed by atoms with Crippen LogP contribution in [0.3, 0.4) is 0 Å². The molecule has 2 bridgehead atoms. The highest BCUT2D eigenvalue weighted by Gasteiger charge is 2.36. The average Bonchev–Trinajstić information content (AvgIpc) is 2.19. The van der Waals surface area contributed by atoms with Gasteiger partial charge in [0.05, 0.1) is 0 Å². The fourth-order valence-electron chi connectivity index (χ4n) is 2.83. The summed E-state index contributed by atoms with van der Waals surface area (Å²) >= 11 is 0. The zero-order valence-electron chi connectivity index (χ0n) is 6.77. The van der Waals surface area contributed by atoms with Crippen LogP contribution in [0.15, 0.2) is 0 Å². The van der Waals surface area contributed by atoms with E-state index in [0.29, 0.717) is 0 Å². The highest BCUT2D eigenvalue weighted by Crippen LogP contribution is 2.38. The molecule has 0 amide bonds. The van der Waals surface area contributed by atoms with Crippen molar-refractivity contribution in [3.63, 3.8) is 0 Å². The van der Waals surface area contributed by atoms with Crippen LogP contribution in [-0.2, 0) is 0 Å². The number of hydrogen-bond acceptors (Lipinski definition) is 1. The Morgan fingerprint density at radius 3 is 2.80 bits per heavy atom. The number of rotatable bonds is 1. The van der Waals surface area contributed by atoms with E-state index in [9.17, 15) is 0 Å². The van der Waals surface area contributed by atoms with Gasteiger partial charge in [-0.2, -0.15) is 0 Å². The molecule has 1 N–H and O–H groups in total. The third-order valence-corrected chi connectivity index (χ3v) is 3.36. The van der Waals surface area contributed by atoms with Crippen LogP contribution < -0.4 is 5.32 Å². The van der Waals surface area contributed by atoms with Crippen molar-refractivity contribution >= 4 is 0 Å². The summed E-state index contributed by atoms with van der Waals surface area (Å²) in [5.74, 6) is 2.10. The Kier molecular flexibility index (Phi) is 1.69. The molecule has 2 fully saturated rings. The van der Waals surface area contributed by atoms with E-state index >= 15 is 0 Å². The van der Waals surface area contributed by atoms with Crippen molar-refractivity contribution in [3.8, 4) is 0 Å². The van der Waals surface area contributed by atoms with Gasteiger partial charge < -0.3 is 5.32 Å². The van der Waals surface area contributed by atoms with E-state index < -0.39 is 0 Å². The van der Waals surface area contributed by atoms with Crippen molar-refractivity contribution < 1.29 is 0 Å². The number of piperidine rings is 1. The molecule has 1 heteroatoms. The normalized spacial score (nSPS) is 45.9. The van der Waals surface area contributed by atoms with E-state index in [1.807, 2.05) is 0 Å². The van der Waals surface area contributed by atoms with E-state index in [1.165, 1.54) is 32.2 Å². The lowest BCUT2D eigenvalue weighted by molar-refractivity contribution is 0.254. The fraction of sp³-hybridized carbons (Fsp3) is 1.00. The second-order valence-electron chi connectivity index (χ2n) is 3.76. The summed E-state index contributed by atoms with van der Waals surface area (Å²) in [6.07, 6.45) is 5.77. The molecule has 10 heavy (non-hydrogen) atoms. The molecule has 0 aromatic heterocycles. The minimum absolute atomic E-state index is 0.892. The highest BCUT2D eigenvalue weighted by atomic mass is 14.9. The van der Waals surface area contributed by atoms with Gasteiger partial charge >= 0.3 is 0 Å². The summed E-state index contributed by atoms with van der Waals surface area (Å²) in [7, 11) is 0. The Balaban J connectivity index is 2.06. The molecule has 0 aromatic carbocycles. The largest absolute Gasteiger partial charge is 0.314 e. The lowest BCUT2D eigenvalue weighted by Gasteiger charge is -2.29. The molecular formula is C9H17N. The van der Waals surface area contributed by atoms with E-state index in [2.05, 4.69) is 12.2 Å². The SMILES string of the molecule is CCC1C2CCNC1CC2. The quantitative estimate of drug-likeness (QED) is 0.584. The third kappa shape index (κ3) is 0.878. The molecule has 2 rings (SSSR count). The molecule has 1 aliphatic carbocycles. The molecule has 3 unspecified atom stereocenters. The Morgan fingerprint density at radius 1 is 1.30 bits per heavy atom. The van der Waals surface area contributed by atoms with E-state index in [-0.39, 0.29) is 0 Å². The molecule has 1 saturated heterocycles. The molecule has 0 aromatic rings. The Morgan fingerprint density at radius 2 is 2.20 bits per heavy atom. The van der Waals surface area contributed by atoms with E-state index in [1.54, 1.807) is 0 Å². The summed E-state index contributed by atoms with van der Waals surface area (Å²) in [4.78, 5) is 0. The molecule has 1 aliphatic heterocycles. The van der Waals surface area contributed by atoms with Crippen LogP contribution >= 0.6 is 0 Å². The fourth-order valence-corrected chi connectivity index (χ4v) is 2.83. The van der Waals surface area contributed by atoms with Crippen molar-refractivity contribution in [2.24, 2.45) is 11.8 Å². The maximum absolute atomic E-state index is 3.61. The lowest BCUT2D eigenvalue weighted by atomic mass is 9.86. The standard InChI is InChI=1S/C9H17N/c1-2-8-7-3-4-9(8)10-6-5-7/h7-10H,2-6H2,1H3. The molecule has 1 heterocycles. The van der Waals surface area contributed by atoms with Crippen molar-refractivity contribution in [1.29, 1.82) is 0 Å². The van der Waals surface area contributed by atoms with Crippen LogP contribution in [0.2, 0.25) is 0 Å². The Hall–Kier alpha value is -0.0400. The molecule has 0 radical (unpaired) electrons. The smallest absolute Gasteiger partial charge is 0.00979 e. The van der Waals surface area contributed by atoms with Crippen molar-refractivity contribution in [3.05, 3.63) is 0 Å². The van der Waals surface area contributed by atoms with Crippen molar-refractivity contribution in [2.75, 3.05) is 6.54 Å². The first-order valence-corrected chi connectivity index (χ1v) is 4.65. The van der Waals surface area contributed by atoms with Gasteiger partial charge in [-0.05, 0) is 37.6 Å². The predicted octanol–water partition coefficient (Wildman–Crippen LogP) is 1.78. The van der Waals surface area contributed by atoms with Gasteiger partial charge in [0.25, 0.3) is 0 Å². The summed E-state index contributed by atoms with van der Waals surface area (Å²) < 4.78 is 0. The minimum Gasteiger partial charge on any atom is -0.314 e. The maximum Gasteiger partial charge on any atom is 0.00979 e. The summed E-state index contributed by atoms with van der Waals surface area (Å²) in [6, 6.07) is 0.892. The molecular weight excluding hydrogens is 122 g/mol. The van der Waals surface area contributed by atoms with Crippen LogP contribution in [0.1, 0.15) is 32.6 Å². The van der Waals surface area contributed by atoms with Crippen LogP contribution in [0.25, 0.3) is 0 Å². The number of nitrogens with one attached hydrogen (secondary N) is 1. The zero-order chi connectivity index (χ0) is 6.97. The summed E-state index contributed by atoms with van der Waals surface area (Å²) in [6.45, 7) is 3.62. The third-order valence-electron chi connectivity index (χ3n) is 3.36. The first-order valence-electron chi connectivity index (χ1n) is 4.65. The Labute approximate surface area is 63.2 Å². The molecule has 1 saturated carbocycles. The monoisotopic (exact) mass is 139 g/mol. The predicted molar refractivity (Wildman–Crippen MR) is 42.9 cm³/mol.